The van der Waals surface area contributed by atoms with E-state index in [1.807, 2.05) is 31.2 Å². The van der Waals surface area contributed by atoms with Gasteiger partial charge in [0.25, 0.3) is 0 Å². The first-order valence-electron chi connectivity index (χ1n) is 6.69. The van der Waals surface area contributed by atoms with Gasteiger partial charge in [0, 0.05) is 15.8 Å². The standard InChI is InChI=1S/C16H17BrN2O2/c1-2-8-21-16(20)14-10-12(18)6-7-15(14)19-13-5-3-4-11(17)9-13/h3-7,9-10,19H,2,8,18H2,1H3. The van der Waals surface area contributed by atoms with Gasteiger partial charge >= 0.3 is 5.97 Å². The van der Waals surface area contributed by atoms with E-state index in [9.17, 15) is 4.79 Å². The second-order valence-electron chi connectivity index (χ2n) is 4.58. The fourth-order valence-electron chi connectivity index (χ4n) is 1.83. The van der Waals surface area contributed by atoms with Crippen molar-refractivity contribution in [2.75, 3.05) is 17.7 Å². The maximum Gasteiger partial charge on any atom is 0.340 e. The van der Waals surface area contributed by atoms with E-state index in [0.717, 1.165) is 16.6 Å². The molecule has 0 aliphatic heterocycles. The minimum absolute atomic E-state index is 0.373. The number of nitrogen functional groups attached to an aromatic ring is 1. The molecule has 21 heavy (non-hydrogen) atoms. The molecule has 0 spiro atoms. The zero-order chi connectivity index (χ0) is 15.2. The SMILES string of the molecule is CCCOC(=O)c1cc(N)ccc1Nc1cccc(Br)c1. The summed E-state index contributed by atoms with van der Waals surface area (Å²) in [6.45, 7) is 2.34. The van der Waals surface area contributed by atoms with Crippen molar-refractivity contribution in [2.45, 2.75) is 13.3 Å². The van der Waals surface area contributed by atoms with Gasteiger partial charge in [-0.15, -0.1) is 0 Å². The maximum absolute atomic E-state index is 12.1. The zero-order valence-corrected chi connectivity index (χ0v) is 13.3. The Hall–Kier alpha value is -2.01. The summed E-state index contributed by atoms with van der Waals surface area (Å²) in [5, 5.41) is 3.21. The van der Waals surface area contributed by atoms with E-state index in [4.69, 9.17) is 10.5 Å². The number of ether oxygens (including phenoxy) is 1. The second kappa shape index (κ2) is 7.13. The van der Waals surface area contributed by atoms with Gasteiger partial charge in [0.1, 0.15) is 0 Å². The molecule has 5 heteroatoms. The van der Waals surface area contributed by atoms with E-state index in [2.05, 4.69) is 21.2 Å². The van der Waals surface area contributed by atoms with Crippen LogP contribution in [0, 0.1) is 0 Å². The van der Waals surface area contributed by atoms with Crippen molar-refractivity contribution in [1.29, 1.82) is 0 Å². The highest BCUT2D eigenvalue weighted by molar-refractivity contribution is 9.10. The minimum Gasteiger partial charge on any atom is -0.462 e. The first-order chi connectivity index (χ1) is 10.1. The number of hydrogen-bond donors (Lipinski definition) is 2. The molecule has 110 valence electrons. The van der Waals surface area contributed by atoms with Crippen molar-refractivity contribution < 1.29 is 9.53 Å². The third-order valence-corrected chi connectivity index (χ3v) is 3.30. The molecule has 0 saturated heterocycles. The number of rotatable bonds is 5. The first-order valence-corrected chi connectivity index (χ1v) is 7.48. The van der Waals surface area contributed by atoms with Crippen LogP contribution in [-0.2, 0) is 4.74 Å². The molecule has 0 radical (unpaired) electrons. The lowest BCUT2D eigenvalue weighted by Crippen LogP contribution is -2.09. The molecule has 0 aromatic heterocycles. The molecule has 3 N–H and O–H groups in total. The van der Waals surface area contributed by atoms with Crippen LogP contribution in [0.25, 0.3) is 0 Å². The Labute approximate surface area is 132 Å². The fraction of sp³-hybridized carbons (Fsp3) is 0.188. The summed E-state index contributed by atoms with van der Waals surface area (Å²) in [6, 6.07) is 12.8. The fourth-order valence-corrected chi connectivity index (χ4v) is 2.23. The number of anilines is 3. The van der Waals surface area contributed by atoms with E-state index in [-0.39, 0.29) is 5.97 Å². The molecular formula is C16H17BrN2O2. The van der Waals surface area contributed by atoms with Crippen molar-refractivity contribution in [3.8, 4) is 0 Å². The number of halogens is 1. The number of benzene rings is 2. The molecule has 0 atom stereocenters. The molecule has 0 fully saturated rings. The highest BCUT2D eigenvalue weighted by Gasteiger charge is 2.13. The predicted octanol–water partition coefficient (Wildman–Crippen LogP) is 4.34. The van der Waals surface area contributed by atoms with Crippen LogP contribution in [0.1, 0.15) is 23.7 Å². The minimum atomic E-state index is -0.373. The normalized spacial score (nSPS) is 10.2. The van der Waals surface area contributed by atoms with Gasteiger partial charge in [-0.25, -0.2) is 4.79 Å². The van der Waals surface area contributed by atoms with Crippen molar-refractivity contribution in [3.63, 3.8) is 0 Å². The molecule has 0 aliphatic rings. The maximum atomic E-state index is 12.1. The van der Waals surface area contributed by atoms with Crippen molar-refractivity contribution in [1.82, 2.24) is 0 Å². The first kappa shape index (κ1) is 15.4. The smallest absolute Gasteiger partial charge is 0.340 e. The van der Waals surface area contributed by atoms with Crippen LogP contribution >= 0.6 is 15.9 Å². The Morgan fingerprint density at radius 2 is 2.10 bits per heavy atom. The Kier molecular flexibility index (Phi) is 5.22. The van der Waals surface area contributed by atoms with Crippen LogP contribution in [0.2, 0.25) is 0 Å². The summed E-state index contributed by atoms with van der Waals surface area (Å²) in [7, 11) is 0. The van der Waals surface area contributed by atoms with Crippen molar-refractivity contribution in [2.24, 2.45) is 0 Å². The van der Waals surface area contributed by atoms with E-state index in [1.54, 1.807) is 18.2 Å². The van der Waals surface area contributed by atoms with E-state index in [1.165, 1.54) is 0 Å². The van der Waals surface area contributed by atoms with Gasteiger partial charge in [0.15, 0.2) is 0 Å². The molecular weight excluding hydrogens is 332 g/mol. The number of carbonyl (C=O) groups is 1. The monoisotopic (exact) mass is 348 g/mol. The number of nitrogens with one attached hydrogen (secondary N) is 1. The van der Waals surface area contributed by atoms with Crippen LogP contribution < -0.4 is 11.1 Å². The number of esters is 1. The summed E-state index contributed by atoms with van der Waals surface area (Å²) in [5.41, 5.74) is 8.27. The molecule has 0 unspecified atom stereocenters. The highest BCUT2D eigenvalue weighted by atomic mass is 79.9. The third-order valence-electron chi connectivity index (χ3n) is 2.80. The average Bonchev–Trinajstić information content (AvgIpc) is 2.46. The number of nitrogens with two attached hydrogens (primary N) is 1. The third kappa shape index (κ3) is 4.23. The van der Waals surface area contributed by atoms with Crippen LogP contribution in [0.4, 0.5) is 17.1 Å². The topological polar surface area (TPSA) is 64.3 Å². The highest BCUT2D eigenvalue weighted by Crippen LogP contribution is 2.25. The van der Waals surface area contributed by atoms with Gasteiger partial charge in [-0.2, -0.15) is 0 Å². The Bertz CT molecular complexity index is 644. The van der Waals surface area contributed by atoms with E-state index < -0.39 is 0 Å². The second-order valence-corrected chi connectivity index (χ2v) is 5.49. The van der Waals surface area contributed by atoms with Gasteiger partial charge < -0.3 is 15.8 Å². The van der Waals surface area contributed by atoms with Crippen molar-refractivity contribution in [3.05, 3.63) is 52.5 Å². The summed E-state index contributed by atoms with van der Waals surface area (Å²) in [6.07, 6.45) is 0.780. The molecule has 0 saturated carbocycles. The lowest BCUT2D eigenvalue weighted by Gasteiger charge is -2.12. The lowest BCUT2D eigenvalue weighted by molar-refractivity contribution is 0.0506. The molecule has 4 nitrogen and oxygen atoms in total. The Balaban J connectivity index is 2.28. The summed E-state index contributed by atoms with van der Waals surface area (Å²) in [5.74, 6) is -0.373. The molecule has 2 aromatic carbocycles. The van der Waals surface area contributed by atoms with Gasteiger partial charge in [-0.1, -0.05) is 28.9 Å². The van der Waals surface area contributed by atoms with Crippen molar-refractivity contribution >= 4 is 39.0 Å². The van der Waals surface area contributed by atoms with Crippen LogP contribution in [-0.4, -0.2) is 12.6 Å². The quantitative estimate of drug-likeness (QED) is 0.623. The summed E-state index contributed by atoms with van der Waals surface area (Å²) >= 11 is 3.42. The molecule has 0 bridgehead atoms. The van der Waals surface area contributed by atoms with Gasteiger partial charge in [0.2, 0.25) is 0 Å². The number of carbonyl (C=O) groups excluding carboxylic acids is 1. The summed E-state index contributed by atoms with van der Waals surface area (Å²) < 4.78 is 6.15. The number of hydrogen-bond acceptors (Lipinski definition) is 4. The molecule has 0 heterocycles. The Morgan fingerprint density at radius 1 is 1.29 bits per heavy atom. The zero-order valence-electron chi connectivity index (χ0n) is 11.7. The van der Waals surface area contributed by atoms with Crippen LogP contribution in [0.3, 0.4) is 0 Å². The lowest BCUT2D eigenvalue weighted by atomic mass is 10.1. The molecule has 0 aliphatic carbocycles. The van der Waals surface area contributed by atoms with Gasteiger partial charge in [-0.05, 0) is 42.8 Å². The molecule has 2 rings (SSSR count). The Morgan fingerprint density at radius 3 is 2.81 bits per heavy atom. The molecule has 2 aromatic rings. The van der Waals surface area contributed by atoms with E-state index >= 15 is 0 Å². The van der Waals surface area contributed by atoms with Gasteiger partial charge in [0.05, 0.1) is 17.9 Å². The largest absolute Gasteiger partial charge is 0.462 e. The molecule has 0 amide bonds. The van der Waals surface area contributed by atoms with E-state index in [0.29, 0.717) is 23.5 Å². The van der Waals surface area contributed by atoms with Crippen LogP contribution in [0.5, 0.6) is 0 Å². The predicted molar refractivity (Wildman–Crippen MR) is 88.9 cm³/mol. The average molecular weight is 349 g/mol. The van der Waals surface area contributed by atoms with Gasteiger partial charge in [-0.3, -0.25) is 0 Å². The summed E-state index contributed by atoms with van der Waals surface area (Å²) in [4.78, 5) is 12.1. The van der Waals surface area contributed by atoms with Crippen LogP contribution in [0.15, 0.2) is 46.9 Å².